The fourth-order valence-electron chi connectivity index (χ4n) is 3.59. The Hall–Kier alpha value is -2.20. The maximum Gasteiger partial charge on any atom is 0.345 e. The molecule has 144 valence electrons. The highest BCUT2D eigenvalue weighted by molar-refractivity contribution is 6.30. The fourth-order valence-corrected chi connectivity index (χ4v) is 3.71. The predicted octanol–water partition coefficient (Wildman–Crippen LogP) is 5.41. The van der Waals surface area contributed by atoms with Crippen molar-refractivity contribution in [2.24, 2.45) is 5.92 Å². The number of ether oxygens (including phenoxy) is 1. The van der Waals surface area contributed by atoms with Crippen LogP contribution in [0.4, 0.5) is 5.69 Å². The first-order chi connectivity index (χ1) is 13.1. The van der Waals surface area contributed by atoms with Gasteiger partial charge in [-0.2, -0.15) is 0 Å². The highest BCUT2D eigenvalue weighted by Gasteiger charge is 2.31. The van der Waals surface area contributed by atoms with E-state index in [4.69, 9.17) is 16.3 Å². The Morgan fingerprint density at radius 1 is 1.07 bits per heavy atom. The van der Waals surface area contributed by atoms with Crippen LogP contribution >= 0.6 is 11.6 Å². The molecule has 0 aliphatic heterocycles. The van der Waals surface area contributed by atoms with Crippen molar-refractivity contribution in [2.45, 2.75) is 44.6 Å². The van der Waals surface area contributed by atoms with Gasteiger partial charge in [-0.25, -0.2) is 4.79 Å². The monoisotopic (exact) mass is 387 g/mol. The first-order valence-corrected chi connectivity index (χ1v) is 9.97. The summed E-state index contributed by atoms with van der Waals surface area (Å²) in [5.41, 5.74) is 2.21. The van der Waals surface area contributed by atoms with Crippen molar-refractivity contribution < 1.29 is 14.6 Å². The van der Waals surface area contributed by atoms with Crippen LogP contribution < -0.4 is 10.1 Å². The second-order valence-electron chi connectivity index (χ2n) is 7.10. The van der Waals surface area contributed by atoms with Gasteiger partial charge in [0.2, 0.25) is 0 Å². The average Bonchev–Trinajstić information content (AvgIpc) is 2.69. The van der Waals surface area contributed by atoms with E-state index >= 15 is 0 Å². The van der Waals surface area contributed by atoms with E-state index in [0.29, 0.717) is 5.75 Å². The first kappa shape index (κ1) is 19.6. The summed E-state index contributed by atoms with van der Waals surface area (Å²) in [5.74, 6) is -0.125. The van der Waals surface area contributed by atoms with E-state index in [1.54, 1.807) is 0 Å². The number of carboxylic acid groups (broad SMARTS) is 1. The van der Waals surface area contributed by atoms with Crippen LogP contribution in [-0.4, -0.2) is 23.7 Å². The maximum atomic E-state index is 11.6. The molecule has 27 heavy (non-hydrogen) atoms. The largest absolute Gasteiger partial charge is 0.478 e. The van der Waals surface area contributed by atoms with Crippen molar-refractivity contribution in [3.8, 4) is 5.75 Å². The van der Waals surface area contributed by atoms with E-state index in [0.717, 1.165) is 49.4 Å². The van der Waals surface area contributed by atoms with Crippen LogP contribution in [0.3, 0.4) is 0 Å². The minimum atomic E-state index is -0.863. The lowest BCUT2D eigenvalue weighted by molar-refractivity contribution is -0.148. The number of rotatable bonds is 8. The molecule has 0 aromatic heterocycles. The highest BCUT2D eigenvalue weighted by Crippen LogP contribution is 2.29. The van der Waals surface area contributed by atoms with Crippen molar-refractivity contribution >= 4 is 23.3 Å². The summed E-state index contributed by atoms with van der Waals surface area (Å²) in [4.78, 5) is 11.6. The molecular weight excluding hydrogens is 362 g/mol. The minimum Gasteiger partial charge on any atom is -0.478 e. The van der Waals surface area contributed by atoms with E-state index in [1.165, 1.54) is 12.0 Å². The van der Waals surface area contributed by atoms with E-state index in [-0.39, 0.29) is 5.92 Å². The van der Waals surface area contributed by atoms with Crippen LogP contribution in [0.15, 0.2) is 48.5 Å². The molecule has 1 atom stereocenters. The minimum absolute atomic E-state index is 0.111. The van der Waals surface area contributed by atoms with Crippen LogP contribution in [0.2, 0.25) is 5.02 Å². The maximum absolute atomic E-state index is 11.6. The van der Waals surface area contributed by atoms with Crippen molar-refractivity contribution in [3.05, 3.63) is 59.1 Å². The molecular formula is C22H26ClNO3. The van der Waals surface area contributed by atoms with Crippen LogP contribution in [0.5, 0.6) is 5.75 Å². The fraction of sp³-hybridized carbons (Fsp3) is 0.409. The van der Waals surface area contributed by atoms with E-state index in [9.17, 15) is 9.90 Å². The molecule has 5 heteroatoms. The van der Waals surface area contributed by atoms with Crippen LogP contribution in [0, 0.1) is 5.92 Å². The third-order valence-corrected chi connectivity index (χ3v) is 5.35. The van der Waals surface area contributed by atoms with Crippen molar-refractivity contribution in [1.29, 1.82) is 0 Å². The van der Waals surface area contributed by atoms with Gasteiger partial charge in [-0.15, -0.1) is 0 Å². The number of carboxylic acids is 1. The number of benzene rings is 2. The Bertz CT molecular complexity index is 724. The quantitative estimate of drug-likeness (QED) is 0.636. The Kier molecular flexibility index (Phi) is 6.99. The van der Waals surface area contributed by atoms with Crippen molar-refractivity contribution in [1.82, 2.24) is 0 Å². The van der Waals surface area contributed by atoms with Gasteiger partial charge < -0.3 is 15.2 Å². The summed E-state index contributed by atoms with van der Waals surface area (Å²) in [7, 11) is 0. The van der Waals surface area contributed by atoms with Gasteiger partial charge in [0.1, 0.15) is 5.75 Å². The molecule has 0 radical (unpaired) electrons. The summed E-state index contributed by atoms with van der Waals surface area (Å²) < 4.78 is 5.83. The lowest BCUT2D eigenvalue weighted by Gasteiger charge is -2.27. The third-order valence-electron chi connectivity index (χ3n) is 5.09. The lowest BCUT2D eigenvalue weighted by Crippen LogP contribution is -2.36. The molecule has 0 spiro atoms. The molecule has 0 bridgehead atoms. The standard InChI is InChI=1S/C22H26ClNO3/c23-18-8-10-19(11-9-18)24-15-14-16-6-12-20(13-7-16)27-21(22(25)26)17-4-2-1-3-5-17/h6-13,17,21,24H,1-5,14-15H2,(H,25,26). The number of nitrogens with one attached hydrogen (secondary N) is 1. The molecule has 1 fully saturated rings. The summed E-state index contributed by atoms with van der Waals surface area (Å²) in [5, 5.41) is 13.6. The zero-order valence-electron chi connectivity index (χ0n) is 15.4. The number of hydrogen-bond donors (Lipinski definition) is 2. The molecule has 4 nitrogen and oxygen atoms in total. The third kappa shape index (κ3) is 5.90. The van der Waals surface area contributed by atoms with Crippen LogP contribution in [-0.2, 0) is 11.2 Å². The van der Waals surface area contributed by atoms with Gasteiger partial charge in [-0.05, 0) is 61.2 Å². The van der Waals surface area contributed by atoms with Gasteiger partial charge in [0.05, 0.1) is 0 Å². The van der Waals surface area contributed by atoms with Crippen LogP contribution in [0.25, 0.3) is 0 Å². The summed E-state index contributed by atoms with van der Waals surface area (Å²) in [6, 6.07) is 15.4. The molecule has 2 N–H and O–H groups in total. The highest BCUT2D eigenvalue weighted by atomic mass is 35.5. The molecule has 1 saturated carbocycles. The van der Waals surface area contributed by atoms with Gasteiger partial charge in [0.15, 0.2) is 6.10 Å². The zero-order valence-corrected chi connectivity index (χ0v) is 16.1. The SMILES string of the molecule is O=C(O)C(Oc1ccc(CCNc2ccc(Cl)cc2)cc1)C1CCCCC1. The Labute approximate surface area is 165 Å². The molecule has 3 rings (SSSR count). The second kappa shape index (κ2) is 9.65. The lowest BCUT2D eigenvalue weighted by atomic mass is 9.85. The van der Waals surface area contributed by atoms with E-state index < -0.39 is 12.1 Å². The Morgan fingerprint density at radius 3 is 2.37 bits per heavy atom. The summed E-state index contributed by atoms with van der Waals surface area (Å²) in [6.07, 6.45) is 5.38. The van der Waals surface area contributed by atoms with Crippen molar-refractivity contribution in [3.63, 3.8) is 0 Å². The number of carbonyl (C=O) groups is 1. The molecule has 1 aliphatic carbocycles. The van der Waals surface area contributed by atoms with Gasteiger partial charge >= 0.3 is 5.97 Å². The Morgan fingerprint density at radius 2 is 1.74 bits per heavy atom. The second-order valence-corrected chi connectivity index (χ2v) is 7.54. The molecule has 0 saturated heterocycles. The number of halogens is 1. The van der Waals surface area contributed by atoms with E-state index in [1.807, 2.05) is 48.5 Å². The van der Waals surface area contributed by atoms with Crippen molar-refractivity contribution in [2.75, 3.05) is 11.9 Å². The number of hydrogen-bond acceptors (Lipinski definition) is 3. The van der Waals surface area contributed by atoms with E-state index in [2.05, 4.69) is 5.32 Å². The van der Waals surface area contributed by atoms with Gasteiger partial charge in [0, 0.05) is 23.2 Å². The van der Waals surface area contributed by atoms with Crippen LogP contribution in [0.1, 0.15) is 37.7 Å². The molecule has 2 aromatic rings. The normalized spacial score (nSPS) is 15.9. The molecule has 0 amide bonds. The predicted molar refractivity (Wildman–Crippen MR) is 109 cm³/mol. The zero-order chi connectivity index (χ0) is 19.1. The molecule has 1 unspecified atom stereocenters. The van der Waals surface area contributed by atoms with Gasteiger partial charge in [0.25, 0.3) is 0 Å². The topological polar surface area (TPSA) is 58.6 Å². The summed E-state index contributed by atoms with van der Waals surface area (Å²) >= 11 is 5.88. The molecule has 1 aliphatic rings. The summed E-state index contributed by atoms with van der Waals surface area (Å²) in [6.45, 7) is 0.807. The number of aliphatic carboxylic acids is 1. The molecule has 2 aromatic carbocycles. The number of anilines is 1. The van der Waals surface area contributed by atoms with Gasteiger partial charge in [-0.1, -0.05) is 43.0 Å². The average molecular weight is 388 g/mol. The van der Waals surface area contributed by atoms with Gasteiger partial charge in [-0.3, -0.25) is 0 Å². The smallest absolute Gasteiger partial charge is 0.345 e. The Balaban J connectivity index is 1.51. The molecule has 0 heterocycles. The first-order valence-electron chi connectivity index (χ1n) is 9.59.